The minimum absolute atomic E-state index is 0.122. The van der Waals surface area contributed by atoms with E-state index in [2.05, 4.69) is 4.42 Å². The van der Waals surface area contributed by atoms with Crippen LogP contribution in [0.3, 0.4) is 0 Å². The molecular weight excluding hydrogens is 248 g/mol. The lowest BCUT2D eigenvalue weighted by atomic mass is 10.1. The first-order valence-electron chi connectivity index (χ1n) is 5.81. The highest BCUT2D eigenvalue weighted by molar-refractivity contribution is 5.89. The van der Waals surface area contributed by atoms with Gasteiger partial charge in [-0.05, 0) is 44.0 Å². The van der Waals surface area contributed by atoms with Gasteiger partial charge >= 0.3 is 11.8 Å². The van der Waals surface area contributed by atoms with Crippen LogP contribution in [0, 0.1) is 20.8 Å². The molecular formula is C14H14O5. The van der Waals surface area contributed by atoms with Crippen molar-refractivity contribution in [2.24, 2.45) is 0 Å². The molecule has 100 valence electrons. The molecule has 1 aromatic heterocycles. The Labute approximate surface area is 109 Å². The molecule has 0 radical (unpaired) electrons. The van der Waals surface area contributed by atoms with Gasteiger partial charge in [0.25, 0.3) is 0 Å². The van der Waals surface area contributed by atoms with Crippen molar-refractivity contribution in [3.63, 3.8) is 0 Å². The van der Waals surface area contributed by atoms with Crippen LogP contribution in [0.25, 0.3) is 0 Å². The van der Waals surface area contributed by atoms with Gasteiger partial charge in [-0.3, -0.25) is 0 Å². The Balaban J connectivity index is 2.07. The zero-order valence-electron chi connectivity index (χ0n) is 11.0. The Hall–Kier alpha value is -2.30. The summed E-state index contributed by atoms with van der Waals surface area (Å²) in [4.78, 5) is 22.7. The highest BCUT2D eigenvalue weighted by Crippen LogP contribution is 2.13. The van der Waals surface area contributed by atoms with Crippen molar-refractivity contribution in [1.82, 2.24) is 0 Å². The van der Waals surface area contributed by atoms with Crippen LogP contribution in [-0.4, -0.2) is 5.97 Å². The highest BCUT2D eigenvalue weighted by atomic mass is 16.6. The highest BCUT2D eigenvalue weighted by Gasteiger charge is 2.13. The maximum Gasteiger partial charge on any atom is 0.519 e. The number of aryl methyl sites for hydroxylation is 3. The lowest BCUT2D eigenvalue weighted by Gasteiger charge is -2.05. The molecule has 0 N–H and O–H groups in total. The molecule has 2 aromatic rings. The van der Waals surface area contributed by atoms with Crippen LogP contribution in [0.1, 0.15) is 33.0 Å². The summed E-state index contributed by atoms with van der Waals surface area (Å²) in [5.41, 5.74) is 2.58. The molecule has 0 saturated heterocycles. The van der Waals surface area contributed by atoms with Crippen molar-refractivity contribution in [3.05, 3.63) is 57.0 Å². The Morgan fingerprint density at radius 3 is 2.47 bits per heavy atom. The number of hydrogen-bond donors (Lipinski definition) is 0. The number of carbonyl (C=O) groups is 1. The summed E-state index contributed by atoms with van der Waals surface area (Å²) in [6, 6.07) is 5.31. The molecule has 0 spiro atoms. The van der Waals surface area contributed by atoms with Crippen LogP contribution in [0.5, 0.6) is 0 Å². The molecule has 5 heteroatoms. The molecule has 1 aromatic carbocycles. The molecule has 1 heterocycles. The van der Waals surface area contributed by atoms with Crippen molar-refractivity contribution in [2.45, 2.75) is 27.4 Å². The molecule has 0 atom stereocenters. The number of esters is 1. The van der Waals surface area contributed by atoms with Crippen LogP contribution >= 0.6 is 0 Å². The van der Waals surface area contributed by atoms with E-state index < -0.39 is 11.8 Å². The minimum atomic E-state index is -0.797. The van der Waals surface area contributed by atoms with E-state index >= 15 is 0 Å². The zero-order valence-corrected chi connectivity index (χ0v) is 11.0. The van der Waals surface area contributed by atoms with Crippen LogP contribution in [0.2, 0.25) is 0 Å². The Morgan fingerprint density at radius 1 is 1.16 bits per heavy atom. The largest absolute Gasteiger partial charge is 0.519 e. The molecule has 0 aliphatic heterocycles. The average molecular weight is 262 g/mol. The van der Waals surface area contributed by atoms with Crippen LogP contribution in [0.15, 0.2) is 31.8 Å². The van der Waals surface area contributed by atoms with Crippen LogP contribution in [-0.2, 0) is 11.3 Å². The van der Waals surface area contributed by atoms with E-state index in [1.807, 2.05) is 19.9 Å². The molecule has 5 nitrogen and oxygen atoms in total. The summed E-state index contributed by atoms with van der Waals surface area (Å²) in [6.45, 7) is 5.34. The number of hydrogen-bond acceptors (Lipinski definition) is 5. The molecule has 0 unspecified atom stereocenters. The third-order valence-electron chi connectivity index (χ3n) is 2.91. The quantitative estimate of drug-likeness (QED) is 0.795. The van der Waals surface area contributed by atoms with Gasteiger partial charge < -0.3 is 13.6 Å². The summed E-state index contributed by atoms with van der Waals surface area (Å²) in [5, 5.41) is 0. The third kappa shape index (κ3) is 2.93. The standard InChI is InChI=1S/C14H14O5/c1-8-4-5-11(6-9(8)2)13(15)17-7-12-10(3)18-14(16)19-12/h4-6H,7H2,1-3H3. The lowest BCUT2D eigenvalue weighted by Crippen LogP contribution is -2.06. The lowest BCUT2D eigenvalue weighted by molar-refractivity contribution is 0.0443. The monoisotopic (exact) mass is 262 g/mol. The van der Waals surface area contributed by atoms with Crippen molar-refractivity contribution in [1.29, 1.82) is 0 Å². The fourth-order valence-electron chi connectivity index (χ4n) is 1.59. The van der Waals surface area contributed by atoms with Crippen molar-refractivity contribution in [3.8, 4) is 0 Å². The van der Waals surface area contributed by atoms with E-state index in [-0.39, 0.29) is 12.4 Å². The minimum Gasteiger partial charge on any atom is -0.454 e. The van der Waals surface area contributed by atoms with Gasteiger partial charge in [-0.1, -0.05) is 6.07 Å². The predicted molar refractivity (Wildman–Crippen MR) is 67.0 cm³/mol. The first kappa shape index (κ1) is 13.1. The van der Waals surface area contributed by atoms with Crippen molar-refractivity contribution >= 4 is 5.97 Å². The van der Waals surface area contributed by atoms with E-state index in [1.165, 1.54) is 0 Å². The van der Waals surface area contributed by atoms with E-state index in [1.54, 1.807) is 19.1 Å². The number of ether oxygens (including phenoxy) is 1. The van der Waals surface area contributed by atoms with Gasteiger partial charge in [0, 0.05) is 0 Å². The van der Waals surface area contributed by atoms with Crippen molar-refractivity contribution < 1.29 is 18.4 Å². The van der Waals surface area contributed by atoms with E-state index in [0.29, 0.717) is 11.3 Å². The smallest absolute Gasteiger partial charge is 0.454 e. The molecule has 2 rings (SSSR count). The van der Waals surface area contributed by atoms with Gasteiger partial charge in [0.05, 0.1) is 5.56 Å². The SMILES string of the molecule is Cc1ccc(C(=O)OCc2oc(=O)oc2C)cc1C. The maximum atomic E-state index is 11.8. The van der Waals surface area contributed by atoms with Crippen LogP contribution < -0.4 is 5.82 Å². The van der Waals surface area contributed by atoms with E-state index in [9.17, 15) is 9.59 Å². The summed E-state index contributed by atoms with van der Waals surface area (Å²) < 4.78 is 14.5. The van der Waals surface area contributed by atoms with Crippen molar-refractivity contribution in [2.75, 3.05) is 0 Å². The first-order chi connectivity index (χ1) is 8.97. The molecule has 0 amide bonds. The summed E-state index contributed by atoms with van der Waals surface area (Å²) in [5.74, 6) is -0.721. The fraction of sp³-hybridized carbons (Fsp3) is 0.286. The normalized spacial score (nSPS) is 10.5. The first-order valence-corrected chi connectivity index (χ1v) is 5.81. The average Bonchev–Trinajstić information content (AvgIpc) is 2.68. The second-order valence-corrected chi connectivity index (χ2v) is 4.31. The molecule has 0 saturated carbocycles. The third-order valence-corrected chi connectivity index (χ3v) is 2.91. The Morgan fingerprint density at radius 2 is 1.89 bits per heavy atom. The Kier molecular flexibility index (Phi) is 3.55. The summed E-state index contributed by atoms with van der Waals surface area (Å²) >= 11 is 0. The fourth-order valence-corrected chi connectivity index (χ4v) is 1.59. The number of benzene rings is 1. The van der Waals surface area contributed by atoms with Gasteiger partial charge in [-0.25, -0.2) is 9.59 Å². The molecule has 0 fully saturated rings. The van der Waals surface area contributed by atoms with Gasteiger partial charge in [0.15, 0.2) is 18.1 Å². The van der Waals surface area contributed by atoms with Crippen LogP contribution in [0.4, 0.5) is 0 Å². The second-order valence-electron chi connectivity index (χ2n) is 4.31. The second kappa shape index (κ2) is 5.14. The molecule has 19 heavy (non-hydrogen) atoms. The van der Waals surface area contributed by atoms with Gasteiger partial charge in [-0.15, -0.1) is 0 Å². The molecule has 0 aliphatic carbocycles. The van der Waals surface area contributed by atoms with Gasteiger partial charge in [-0.2, -0.15) is 0 Å². The van der Waals surface area contributed by atoms with Gasteiger partial charge in [0.1, 0.15) is 0 Å². The topological polar surface area (TPSA) is 69.7 Å². The zero-order chi connectivity index (χ0) is 14.0. The summed E-state index contributed by atoms with van der Waals surface area (Å²) in [7, 11) is 0. The van der Waals surface area contributed by atoms with Gasteiger partial charge in [0.2, 0.25) is 0 Å². The summed E-state index contributed by atoms with van der Waals surface area (Å²) in [6.07, 6.45) is 0. The number of rotatable bonds is 3. The molecule has 0 bridgehead atoms. The Bertz CT molecular complexity index is 663. The number of carbonyl (C=O) groups excluding carboxylic acids is 1. The van der Waals surface area contributed by atoms with E-state index in [4.69, 9.17) is 9.15 Å². The van der Waals surface area contributed by atoms with E-state index in [0.717, 1.165) is 11.1 Å². The maximum absolute atomic E-state index is 11.8. The predicted octanol–water partition coefficient (Wildman–Crippen LogP) is 2.52. The molecule has 0 aliphatic rings.